The molecule has 142 valence electrons. The Hall–Kier alpha value is -3.00. The summed E-state index contributed by atoms with van der Waals surface area (Å²) in [7, 11) is 0. The SMILES string of the molecule is CCCn1c(SCc2nc(-c3ccc(C)cc3)no2)nnc1-c1ccncc1. The Kier molecular flexibility index (Phi) is 5.48. The van der Waals surface area contributed by atoms with Gasteiger partial charge in [0.05, 0.1) is 5.75 Å². The van der Waals surface area contributed by atoms with Crippen LogP contribution >= 0.6 is 11.8 Å². The summed E-state index contributed by atoms with van der Waals surface area (Å²) in [6.07, 6.45) is 4.51. The molecule has 4 rings (SSSR count). The van der Waals surface area contributed by atoms with Crippen molar-refractivity contribution in [2.75, 3.05) is 0 Å². The summed E-state index contributed by atoms with van der Waals surface area (Å²) in [6.45, 7) is 5.02. The van der Waals surface area contributed by atoms with Gasteiger partial charge in [-0.1, -0.05) is 53.7 Å². The second-order valence-electron chi connectivity index (χ2n) is 6.36. The van der Waals surface area contributed by atoms with Crippen LogP contribution in [0.15, 0.2) is 58.5 Å². The molecule has 0 saturated heterocycles. The molecule has 0 bridgehead atoms. The zero-order chi connectivity index (χ0) is 19.3. The van der Waals surface area contributed by atoms with Crippen LogP contribution in [0.1, 0.15) is 24.8 Å². The van der Waals surface area contributed by atoms with E-state index in [0.717, 1.165) is 35.1 Å². The minimum absolute atomic E-state index is 0.539. The van der Waals surface area contributed by atoms with E-state index in [9.17, 15) is 0 Å². The monoisotopic (exact) mass is 392 g/mol. The third-order valence-electron chi connectivity index (χ3n) is 4.21. The third kappa shape index (κ3) is 3.96. The van der Waals surface area contributed by atoms with Crippen LogP contribution in [0, 0.1) is 6.92 Å². The van der Waals surface area contributed by atoms with Gasteiger partial charge in [0.15, 0.2) is 11.0 Å². The quantitative estimate of drug-likeness (QED) is 0.431. The zero-order valence-electron chi connectivity index (χ0n) is 15.7. The molecule has 7 nitrogen and oxygen atoms in total. The molecule has 0 radical (unpaired) electrons. The number of aryl methyl sites for hydroxylation is 1. The molecule has 4 aromatic rings. The summed E-state index contributed by atoms with van der Waals surface area (Å²) in [6, 6.07) is 11.9. The average molecular weight is 392 g/mol. The lowest BCUT2D eigenvalue weighted by Crippen LogP contribution is -2.02. The highest BCUT2D eigenvalue weighted by atomic mass is 32.2. The number of thioether (sulfide) groups is 1. The molecule has 0 unspecified atom stereocenters. The molecule has 0 fully saturated rings. The fourth-order valence-corrected chi connectivity index (χ4v) is 3.60. The van der Waals surface area contributed by atoms with Gasteiger partial charge >= 0.3 is 0 Å². The van der Waals surface area contributed by atoms with Crippen LogP contribution < -0.4 is 0 Å². The molecule has 0 aliphatic rings. The smallest absolute Gasteiger partial charge is 0.237 e. The van der Waals surface area contributed by atoms with Crippen molar-refractivity contribution < 1.29 is 4.52 Å². The van der Waals surface area contributed by atoms with Crippen molar-refractivity contribution in [3.63, 3.8) is 0 Å². The van der Waals surface area contributed by atoms with Crippen LogP contribution in [0.2, 0.25) is 0 Å². The van der Waals surface area contributed by atoms with Gasteiger partial charge in [-0.15, -0.1) is 10.2 Å². The molecule has 0 saturated carbocycles. The fraction of sp³-hybridized carbons (Fsp3) is 0.250. The summed E-state index contributed by atoms with van der Waals surface area (Å²) in [4.78, 5) is 8.57. The maximum absolute atomic E-state index is 5.41. The lowest BCUT2D eigenvalue weighted by atomic mass is 10.1. The van der Waals surface area contributed by atoms with Gasteiger partial charge in [-0.2, -0.15) is 4.98 Å². The Balaban J connectivity index is 1.51. The molecular weight excluding hydrogens is 372 g/mol. The molecule has 0 spiro atoms. The number of benzene rings is 1. The van der Waals surface area contributed by atoms with Crippen LogP contribution in [0.25, 0.3) is 22.8 Å². The predicted octanol–water partition coefficient (Wildman–Crippen LogP) is 4.40. The lowest BCUT2D eigenvalue weighted by Gasteiger charge is -2.07. The second kappa shape index (κ2) is 8.35. The van der Waals surface area contributed by atoms with Gasteiger partial charge in [0.25, 0.3) is 0 Å². The molecule has 0 N–H and O–H groups in total. The highest BCUT2D eigenvalue weighted by Crippen LogP contribution is 2.27. The Labute approximate surface area is 167 Å². The number of aromatic nitrogens is 6. The molecule has 0 amide bonds. The lowest BCUT2D eigenvalue weighted by molar-refractivity contribution is 0.391. The van der Waals surface area contributed by atoms with Crippen molar-refractivity contribution in [1.82, 2.24) is 29.9 Å². The highest BCUT2D eigenvalue weighted by molar-refractivity contribution is 7.98. The molecule has 3 aromatic heterocycles. The Bertz CT molecular complexity index is 1040. The first kappa shape index (κ1) is 18.4. The maximum atomic E-state index is 5.41. The zero-order valence-corrected chi connectivity index (χ0v) is 16.6. The molecule has 28 heavy (non-hydrogen) atoms. The van der Waals surface area contributed by atoms with Crippen molar-refractivity contribution in [3.05, 3.63) is 60.2 Å². The third-order valence-corrected chi connectivity index (χ3v) is 5.16. The van der Waals surface area contributed by atoms with Gasteiger partial charge in [-0.25, -0.2) is 0 Å². The van der Waals surface area contributed by atoms with Crippen LogP contribution in [-0.2, 0) is 12.3 Å². The van der Waals surface area contributed by atoms with Crippen molar-refractivity contribution in [3.8, 4) is 22.8 Å². The minimum atomic E-state index is 0.539. The maximum Gasteiger partial charge on any atom is 0.237 e. The van der Waals surface area contributed by atoms with E-state index in [-0.39, 0.29) is 0 Å². The van der Waals surface area contributed by atoms with E-state index in [1.807, 2.05) is 36.4 Å². The van der Waals surface area contributed by atoms with E-state index in [1.165, 1.54) is 5.56 Å². The molecule has 0 aliphatic heterocycles. The molecule has 3 heterocycles. The standard InChI is InChI=1S/C20H20N6OS/c1-3-12-26-19(16-8-10-21-11-9-16)23-24-20(26)28-13-17-22-18(25-27-17)15-6-4-14(2)5-7-15/h4-11H,3,12-13H2,1-2H3. The van der Waals surface area contributed by atoms with Gasteiger partial charge < -0.3 is 9.09 Å². The van der Waals surface area contributed by atoms with Crippen molar-refractivity contribution in [2.45, 2.75) is 37.7 Å². The first-order valence-corrected chi connectivity index (χ1v) is 10.1. The molecule has 0 atom stereocenters. The van der Waals surface area contributed by atoms with Crippen LogP contribution in [-0.4, -0.2) is 29.9 Å². The first-order valence-electron chi connectivity index (χ1n) is 9.10. The number of rotatable bonds is 7. The summed E-state index contributed by atoms with van der Waals surface area (Å²) >= 11 is 1.54. The van der Waals surface area contributed by atoms with E-state index >= 15 is 0 Å². The average Bonchev–Trinajstić information content (AvgIpc) is 3.35. The Morgan fingerprint density at radius 2 is 1.79 bits per heavy atom. The van der Waals surface area contributed by atoms with Crippen molar-refractivity contribution in [2.24, 2.45) is 0 Å². The first-order chi connectivity index (χ1) is 13.7. The van der Waals surface area contributed by atoms with Gasteiger partial charge in [0.2, 0.25) is 11.7 Å². The molecule has 0 aliphatic carbocycles. The Morgan fingerprint density at radius 1 is 1.00 bits per heavy atom. The van der Waals surface area contributed by atoms with Gasteiger partial charge in [-0.3, -0.25) is 4.98 Å². The van der Waals surface area contributed by atoms with E-state index in [0.29, 0.717) is 17.5 Å². The van der Waals surface area contributed by atoms with E-state index in [1.54, 1.807) is 24.2 Å². The number of nitrogens with zero attached hydrogens (tertiary/aromatic N) is 6. The van der Waals surface area contributed by atoms with E-state index in [4.69, 9.17) is 4.52 Å². The van der Waals surface area contributed by atoms with Crippen LogP contribution in [0.3, 0.4) is 0 Å². The minimum Gasteiger partial charge on any atom is -0.338 e. The number of hydrogen-bond donors (Lipinski definition) is 0. The predicted molar refractivity (Wildman–Crippen MR) is 108 cm³/mol. The largest absolute Gasteiger partial charge is 0.338 e. The molecular formula is C20H20N6OS. The topological polar surface area (TPSA) is 82.5 Å². The molecule has 8 heteroatoms. The van der Waals surface area contributed by atoms with Crippen molar-refractivity contribution >= 4 is 11.8 Å². The van der Waals surface area contributed by atoms with Crippen LogP contribution in [0.4, 0.5) is 0 Å². The normalized spacial score (nSPS) is 11.1. The van der Waals surface area contributed by atoms with Gasteiger partial charge in [0, 0.05) is 30.1 Å². The van der Waals surface area contributed by atoms with E-state index in [2.05, 4.69) is 43.7 Å². The molecule has 1 aromatic carbocycles. The number of hydrogen-bond acceptors (Lipinski definition) is 7. The highest BCUT2D eigenvalue weighted by Gasteiger charge is 2.16. The van der Waals surface area contributed by atoms with Crippen LogP contribution in [0.5, 0.6) is 0 Å². The fourth-order valence-electron chi connectivity index (χ4n) is 2.79. The van der Waals surface area contributed by atoms with Gasteiger partial charge in [-0.05, 0) is 25.5 Å². The summed E-state index contributed by atoms with van der Waals surface area (Å²) in [5.74, 6) is 2.55. The van der Waals surface area contributed by atoms with Crippen molar-refractivity contribution in [1.29, 1.82) is 0 Å². The van der Waals surface area contributed by atoms with E-state index < -0.39 is 0 Å². The second-order valence-corrected chi connectivity index (χ2v) is 7.30. The summed E-state index contributed by atoms with van der Waals surface area (Å²) in [5.41, 5.74) is 3.14. The number of pyridine rings is 1. The Morgan fingerprint density at radius 3 is 2.54 bits per heavy atom. The summed E-state index contributed by atoms with van der Waals surface area (Å²) < 4.78 is 7.54. The summed E-state index contributed by atoms with van der Waals surface area (Å²) in [5, 5.41) is 13.7. The van der Waals surface area contributed by atoms with Gasteiger partial charge in [0.1, 0.15) is 0 Å².